The average molecular weight is 158 g/mol. The zero-order valence-electron chi connectivity index (χ0n) is 8.14. The van der Waals surface area contributed by atoms with Crippen molar-refractivity contribution in [1.29, 1.82) is 0 Å². The van der Waals surface area contributed by atoms with Gasteiger partial charge in [-0.05, 0) is 26.4 Å². The third kappa shape index (κ3) is 6.32. The number of unbranched alkanes of at least 4 members (excludes halogenated alkanes) is 1. The highest BCUT2D eigenvalue weighted by molar-refractivity contribution is 4.63. The van der Waals surface area contributed by atoms with E-state index in [0.717, 1.165) is 13.0 Å². The molecule has 0 fully saturated rings. The maximum atomic E-state index is 5.80. The molecular formula is C9H22N2. The van der Waals surface area contributed by atoms with Crippen LogP contribution in [0.5, 0.6) is 0 Å². The standard InChI is InChI=1S/C9H22N2/c1-4-6-7-11(3)8-9(10)5-2/h9H,4-8,10H2,1-3H3/t9-/m0/s1. The minimum absolute atomic E-state index is 0.358. The third-order valence-electron chi connectivity index (χ3n) is 1.96. The number of hydrogen-bond donors (Lipinski definition) is 1. The van der Waals surface area contributed by atoms with Gasteiger partial charge in [0, 0.05) is 12.6 Å². The Kier molecular flexibility index (Phi) is 6.57. The molecule has 0 saturated carbocycles. The molecule has 0 amide bonds. The van der Waals surface area contributed by atoms with Crippen LogP contribution in [0.1, 0.15) is 33.1 Å². The van der Waals surface area contributed by atoms with Crippen LogP contribution in [0.4, 0.5) is 0 Å². The van der Waals surface area contributed by atoms with Gasteiger partial charge in [-0.15, -0.1) is 0 Å². The SMILES string of the molecule is CCCCN(C)C[C@@H](N)CC. The normalized spacial score (nSPS) is 13.9. The summed E-state index contributed by atoms with van der Waals surface area (Å²) in [6.45, 7) is 6.58. The maximum Gasteiger partial charge on any atom is 0.0165 e. The Morgan fingerprint density at radius 1 is 1.36 bits per heavy atom. The lowest BCUT2D eigenvalue weighted by atomic mass is 10.2. The molecule has 0 aliphatic heterocycles. The molecule has 2 N–H and O–H groups in total. The number of nitrogens with two attached hydrogens (primary N) is 1. The van der Waals surface area contributed by atoms with Gasteiger partial charge in [0.25, 0.3) is 0 Å². The van der Waals surface area contributed by atoms with Gasteiger partial charge < -0.3 is 10.6 Å². The van der Waals surface area contributed by atoms with E-state index in [1.54, 1.807) is 0 Å². The molecule has 0 aromatic heterocycles. The van der Waals surface area contributed by atoms with E-state index in [2.05, 4.69) is 25.8 Å². The Morgan fingerprint density at radius 2 is 2.00 bits per heavy atom. The Balaban J connectivity index is 3.27. The van der Waals surface area contributed by atoms with E-state index in [0.29, 0.717) is 6.04 Å². The number of nitrogens with zero attached hydrogens (tertiary/aromatic N) is 1. The summed E-state index contributed by atoms with van der Waals surface area (Å²) in [6, 6.07) is 0.358. The van der Waals surface area contributed by atoms with Crippen LogP contribution in [0.3, 0.4) is 0 Å². The molecule has 2 heteroatoms. The van der Waals surface area contributed by atoms with E-state index in [1.165, 1.54) is 19.4 Å². The Bertz CT molecular complexity index is 83.6. The fraction of sp³-hybridized carbons (Fsp3) is 1.00. The molecule has 0 aliphatic carbocycles. The molecule has 0 saturated heterocycles. The van der Waals surface area contributed by atoms with E-state index in [4.69, 9.17) is 5.73 Å². The first-order chi connectivity index (χ1) is 5.20. The van der Waals surface area contributed by atoms with Gasteiger partial charge in [0.2, 0.25) is 0 Å². The predicted octanol–water partition coefficient (Wildman–Crippen LogP) is 1.46. The molecule has 2 nitrogen and oxygen atoms in total. The van der Waals surface area contributed by atoms with Crippen molar-refractivity contribution in [3.8, 4) is 0 Å². The highest BCUT2D eigenvalue weighted by atomic mass is 15.1. The van der Waals surface area contributed by atoms with E-state index in [-0.39, 0.29) is 0 Å². The van der Waals surface area contributed by atoms with Crippen LogP contribution in [0, 0.1) is 0 Å². The van der Waals surface area contributed by atoms with Crippen molar-refractivity contribution in [2.75, 3.05) is 20.1 Å². The minimum Gasteiger partial charge on any atom is -0.327 e. The molecule has 0 spiro atoms. The van der Waals surface area contributed by atoms with E-state index < -0.39 is 0 Å². The van der Waals surface area contributed by atoms with Gasteiger partial charge >= 0.3 is 0 Å². The Hall–Kier alpha value is -0.0800. The molecule has 0 aliphatic rings. The van der Waals surface area contributed by atoms with E-state index in [9.17, 15) is 0 Å². The van der Waals surface area contributed by atoms with Crippen LogP contribution in [0.15, 0.2) is 0 Å². The topological polar surface area (TPSA) is 29.3 Å². The first-order valence-corrected chi connectivity index (χ1v) is 4.64. The molecule has 0 bridgehead atoms. The van der Waals surface area contributed by atoms with Gasteiger partial charge in [0.1, 0.15) is 0 Å². The van der Waals surface area contributed by atoms with Gasteiger partial charge in [-0.25, -0.2) is 0 Å². The molecule has 0 aromatic carbocycles. The molecule has 1 atom stereocenters. The molecule has 0 heterocycles. The lowest BCUT2D eigenvalue weighted by Crippen LogP contribution is -2.35. The van der Waals surface area contributed by atoms with Crippen molar-refractivity contribution in [2.24, 2.45) is 5.73 Å². The molecule has 11 heavy (non-hydrogen) atoms. The summed E-state index contributed by atoms with van der Waals surface area (Å²) in [6.07, 6.45) is 3.63. The number of hydrogen-bond acceptors (Lipinski definition) is 2. The first kappa shape index (κ1) is 10.9. The van der Waals surface area contributed by atoms with Crippen molar-refractivity contribution in [3.05, 3.63) is 0 Å². The Morgan fingerprint density at radius 3 is 2.45 bits per heavy atom. The maximum absolute atomic E-state index is 5.80. The van der Waals surface area contributed by atoms with Crippen LogP contribution in [-0.4, -0.2) is 31.1 Å². The second-order valence-corrected chi connectivity index (χ2v) is 3.28. The lowest BCUT2D eigenvalue weighted by molar-refractivity contribution is 0.303. The van der Waals surface area contributed by atoms with Crippen molar-refractivity contribution >= 4 is 0 Å². The summed E-state index contributed by atoms with van der Waals surface area (Å²) in [5.41, 5.74) is 5.80. The summed E-state index contributed by atoms with van der Waals surface area (Å²) < 4.78 is 0. The zero-order valence-corrected chi connectivity index (χ0v) is 8.14. The van der Waals surface area contributed by atoms with Crippen molar-refractivity contribution < 1.29 is 0 Å². The fourth-order valence-electron chi connectivity index (χ4n) is 1.05. The molecule has 0 rings (SSSR count). The van der Waals surface area contributed by atoms with Gasteiger partial charge in [-0.3, -0.25) is 0 Å². The van der Waals surface area contributed by atoms with Crippen LogP contribution in [0.2, 0.25) is 0 Å². The summed E-state index contributed by atoms with van der Waals surface area (Å²) in [5.74, 6) is 0. The summed E-state index contributed by atoms with van der Waals surface area (Å²) in [4.78, 5) is 2.32. The largest absolute Gasteiger partial charge is 0.327 e. The monoisotopic (exact) mass is 158 g/mol. The zero-order chi connectivity index (χ0) is 8.69. The van der Waals surface area contributed by atoms with E-state index >= 15 is 0 Å². The van der Waals surface area contributed by atoms with Gasteiger partial charge in [0.05, 0.1) is 0 Å². The van der Waals surface area contributed by atoms with E-state index in [1.807, 2.05) is 0 Å². The third-order valence-corrected chi connectivity index (χ3v) is 1.96. The smallest absolute Gasteiger partial charge is 0.0165 e. The summed E-state index contributed by atoms with van der Waals surface area (Å²) in [5, 5.41) is 0. The van der Waals surface area contributed by atoms with Crippen molar-refractivity contribution in [2.45, 2.75) is 39.2 Å². The second-order valence-electron chi connectivity index (χ2n) is 3.28. The first-order valence-electron chi connectivity index (χ1n) is 4.64. The van der Waals surface area contributed by atoms with Gasteiger partial charge in [-0.1, -0.05) is 20.3 Å². The van der Waals surface area contributed by atoms with Crippen LogP contribution >= 0.6 is 0 Å². The quantitative estimate of drug-likeness (QED) is 0.634. The summed E-state index contributed by atoms with van der Waals surface area (Å²) >= 11 is 0. The van der Waals surface area contributed by atoms with Crippen molar-refractivity contribution in [3.63, 3.8) is 0 Å². The second kappa shape index (κ2) is 6.62. The van der Waals surface area contributed by atoms with Crippen LogP contribution in [-0.2, 0) is 0 Å². The number of rotatable bonds is 6. The predicted molar refractivity (Wildman–Crippen MR) is 50.7 cm³/mol. The van der Waals surface area contributed by atoms with Crippen LogP contribution < -0.4 is 5.73 Å². The fourth-order valence-corrected chi connectivity index (χ4v) is 1.05. The molecule has 0 unspecified atom stereocenters. The lowest BCUT2D eigenvalue weighted by Gasteiger charge is -2.19. The van der Waals surface area contributed by atoms with Crippen molar-refractivity contribution in [1.82, 2.24) is 4.90 Å². The Labute approximate surface area is 70.8 Å². The molecule has 0 radical (unpaired) electrons. The molecule has 68 valence electrons. The summed E-state index contributed by atoms with van der Waals surface area (Å²) in [7, 11) is 2.14. The van der Waals surface area contributed by atoms with Crippen LogP contribution in [0.25, 0.3) is 0 Å². The average Bonchev–Trinajstić information content (AvgIpc) is 2.00. The highest BCUT2D eigenvalue weighted by Gasteiger charge is 2.02. The van der Waals surface area contributed by atoms with Gasteiger partial charge in [0.15, 0.2) is 0 Å². The van der Waals surface area contributed by atoms with Gasteiger partial charge in [-0.2, -0.15) is 0 Å². The molecular weight excluding hydrogens is 136 g/mol. The highest BCUT2D eigenvalue weighted by Crippen LogP contribution is 1.94. The minimum atomic E-state index is 0.358. The number of likely N-dealkylation sites (N-methyl/N-ethyl adjacent to an activating group) is 1. The molecule has 0 aromatic rings.